The molecular weight excluding hydrogens is 1060 g/mol. The Bertz CT molecular complexity index is 2300. The van der Waals surface area contributed by atoms with E-state index in [9.17, 15) is 53.1 Å². The number of carbonyl (C=O) groups is 10. The average Bonchev–Trinajstić information content (AvgIpc) is 3.13. The topological polar surface area (TPSA) is 320 Å². The molecule has 2 heterocycles. The molecule has 1 N–H and O–H groups in total. The Morgan fingerprint density at radius 3 is 1.75 bits per heavy atom. The van der Waals surface area contributed by atoms with Crippen molar-refractivity contribution in [3.8, 4) is 0 Å². The molecule has 0 bridgehead atoms. The van der Waals surface area contributed by atoms with Crippen LogP contribution in [0.3, 0.4) is 0 Å². The van der Waals surface area contributed by atoms with E-state index in [-0.39, 0.29) is 17.3 Å². The number of ether oxygens (including phenoxy) is 14. The van der Waals surface area contributed by atoms with Crippen LogP contribution in [-0.4, -0.2) is 170 Å². The van der Waals surface area contributed by atoms with E-state index in [0.29, 0.717) is 32.1 Å². The van der Waals surface area contributed by atoms with Crippen molar-refractivity contribution in [3.05, 3.63) is 12.2 Å². The zero-order valence-electron chi connectivity index (χ0n) is 47.9. The van der Waals surface area contributed by atoms with Gasteiger partial charge in [0.2, 0.25) is 12.4 Å². The van der Waals surface area contributed by atoms with Crippen LogP contribution < -0.4 is 0 Å². The maximum atomic E-state index is 13.4. The summed E-state index contributed by atoms with van der Waals surface area (Å²) in [5.74, 6) is -8.75. The quantitative estimate of drug-likeness (QED) is 0.0530. The van der Waals surface area contributed by atoms with Crippen molar-refractivity contribution in [2.24, 2.45) is 28.1 Å². The molecule has 80 heavy (non-hydrogen) atoms. The minimum Gasteiger partial charge on any atom is -0.463 e. The van der Waals surface area contributed by atoms with Gasteiger partial charge in [0.05, 0.1) is 12.2 Å². The second kappa shape index (κ2) is 27.4. The van der Waals surface area contributed by atoms with E-state index in [1.165, 1.54) is 6.92 Å². The van der Waals surface area contributed by atoms with E-state index in [4.69, 9.17) is 66.3 Å². The van der Waals surface area contributed by atoms with Gasteiger partial charge in [-0.05, 0) is 76.0 Å². The number of aliphatic hydroxyl groups is 1. The molecule has 0 amide bonds. The SMILES string of the molecule is C=C1CC[C@@H]2C([C@@H](C)O[C@@H]3OC(COC(C)=O)[C@@H](OC(C)=O)C(O[C@H](OC(C)=O)C(OC(C)=O)[C@@H](OC(C)=O)C(O)COC(C)=O)C3O[C@@H]3OC(C)[C@H](OC(C)=O)C(OC(C)=O)C3OC(C)=O)(CCC3[C@](C)(C=O)CCC[C@]32C)C1. The van der Waals surface area contributed by atoms with Gasteiger partial charge in [0.1, 0.15) is 43.9 Å². The minimum atomic E-state index is -2.33. The fraction of sp³-hybridized carbons (Fsp3) is 0.782. The Balaban J connectivity index is 1.80. The molecule has 20 atom stereocenters. The van der Waals surface area contributed by atoms with Crippen molar-refractivity contribution in [1.29, 1.82) is 0 Å². The lowest BCUT2D eigenvalue weighted by molar-refractivity contribution is -0.388. The van der Waals surface area contributed by atoms with E-state index < -0.39 is 170 Å². The third-order valence-corrected chi connectivity index (χ3v) is 16.1. The van der Waals surface area contributed by atoms with Gasteiger partial charge in [-0.3, -0.25) is 43.2 Å². The van der Waals surface area contributed by atoms with Crippen LogP contribution in [0, 0.1) is 28.1 Å². The molecule has 25 nitrogen and oxygen atoms in total. The fourth-order valence-corrected chi connectivity index (χ4v) is 13.1. The van der Waals surface area contributed by atoms with E-state index >= 15 is 0 Å². The summed E-state index contributed by atoms with van der Waals surface area (Å²) in [6, 6.07) is 0. The van der Waals surface area contributed by atoms with E-state index in [1.54, 1.807) is 0 Å². The molecule has 0 radical (unpaired) electrons. The maximum absolute atomic E-state index is 13.4. The van der Waals surface area contributed by atoms with Crippen molar-refractivity contribution in [1.82, 2.24) is 0 Å². The van der Waals surface area contributed by atoms with Crippen molar-refractivity contribution < 1.29 is 119 Å². The van der Waals surface area contributed by atoms with Crippen LogP contribution in [0.5, 0.6) is 0 Å². The zero-order valence-corrected chi connectivity index (χ0v) is 47.9. The Morgan fingerprint density at radius 1 is 0.625 bits per heavy atom. The first-order valence-electron chi connectivity index (χ1n) is 26.9. The Morgan fingerprint density at radius 2 is 1.19 bits per heavy atom. The fourth-order valence-electron chi connectivity index (χ4n) is 13.1. The largest absolute Gasteiger partial charge is 0.463 e. The number of allylic oxidation sites excluding steroid dienone is 1. The molecular formula is C55H80O25. The van der Waals surface area contributed by atoms with Crippen molar-refractivity contribution >= 4 is 60.0 Å². The summed E-state index contributed by atoms with van der Waals surface area (Å²) in [7, 11) is 0. The molecule has 5 rings (SSSR count). The van der Waals surface area contributed by atoms with Gasteiger partial charge in [-0.15, -0.1) is 0 Å². The normalized spacial score (nSPS) is 34.8. The van der Waals surface area contributed by atoms with Crippen LogP contribution in [-0.2, 0) is 114 Å². The van der Waals surface area contributed by atoms with Crippen LogP contribution in [0.15, 0.2) is 12.2 Å². The van der Waals surface area contributed by atoms with Crippen LogP contribution in [0.25, 0.3) is 0 Å². The third-order valence-electron chi connectivity index (χ3n) is 16.1. The van der Waals surface area contributed by atoms with Gasteiger partial charge < -0.3 is 76.2 Å². The molecule has 2 saturated heterocycles. The minimum absolute atomic E-state index is 0.0201. The predicted molar refractivity (Wildman–Crippen MR) is 269 cm³/mol. The van der Waals surface area contributed by atoms with Crippen LogP contribution in [0.2, 0.25) is 0 Å². The molecule has 2 aliphatic heterocycles. The first-order chi connectivity index (χ1) is 37.4. The van der Waals surface area contributed by atoms with Gasteiger partial charge in [-0.2, -0.15) is 0 Å². The maximum Gasteiger partial charge on any atom is 0.305 e. The van der Waals surface area contributed by atoms with Gasteiger partial charge in [-0.1, -0.05) is 32.4 Å². The smallest absolute Gasteiger partial charge is 0.305 e. The molecule has 10 unspecified atom stereocenters. The van der Waals surface area contributed by atoms with Crippen LogP contribution in [0.4, 0.5) is 0 Å². The number of aldehydes is 1. The summed E-state index contributed by atoms with van der Waals surface area (Å²) < 4.78 is 84.2. The summed E-state index contributed by atoms with van der Waals surface area (Å²) in [5, 5.41) is 11.5. The van der Waals surface area contributed by atoms with Gasteiger partial charge in [0, 0.05) is 73.1 Å². The lowest BCUT2D eigenvalue weighted by atomic mass is 9.39. The summed E-state index contributed by atoms with van der Waals surface area (Å²) in [5.41, 5.74) is -0.730. The van der Waals surface area contributed by atoms with Crippen LogP contribution >= 0.6 is 0 Å². The van der Waals surface area contributed by atoms with Crippen molar-refractivity contribution in [2.75, 3.05) is 13.2 Å². The van der Waals surface area contributed by atoms with Gasteiger partial charge >= 0.3 is 53.7 Å². The first-order valence-corrected chi connectivity index (χ1v) is 26.9. The standard InChI is InChI=1S/C55H80O25/c1-26-16-17-41-54(14)20-15-19-53(13,25-56)40(54)18-21-55(41,22-26)28(3)70-51-49(80-50-48(76-36(11)64)45(74-34(9)62)42(27(2)69-50)71-31(6)59)46(44(73-33(8)61)39(78-51)24-68-30(5)58)79-52(77-37(12)65)47(75-35(10)63)43(72-32(7)60)38(66)23-67-29(4)57/h25,27-28,38-52,66H,1,15-24H2,2-14H3/t27?,28-,38?,39?,40?,41+,42+,43+,44-,45?,46?,47?,48?,49?,50+,51-,52+,53+,54-,55?/m1/s1. The molecule has 3 saturated carbocycles. The summed E-state index contributed by atoms with van der Waals surface area (Å²) in [6.07, 6.45) is -20.1. The van der Waals surface area contributed by atoms with Crippen molar-refractivity contribution in [2.45, 2.75) is 233 Å². The average molecular weight is 1140 g/mol. The molecule has 0 spiro atoms. The number of hydrogen-bond donors (Lipinski definition) is 1. The lowest BCUT2D eigenvalue weighted by Gasteiger charge is -2.65. The molecule has 0 aromatic rings. The number of fused-ring (bicyclic) bond motifs is 3. The predicted octanol–water partition coefficient (Wildman–Crippen LogP) is 3.75. The number of carbonyl (C=O) groups excluding carboxylic acids is 10. The van der Waals surface area contributed by atoms with Crippen molar-refractivity contribution in [3.63, 3.8) is 0 Å². The highest BCUT2D eigenvalue weighted by Crippen LogP contribution is 2.69. The highest BCUT2D eigenvalue weighted by atomic mass is 16.8. The number of aliphatic hydroxyl groups excluding tert-OH is 1. The summed E-state index contributed by atoms with van der Waals surface area (Å²) in [4.78, 5) is 128. The monoisotopic (exact) mass is 1140 g/mol. The molecule has 3 aliphatic carbocycles. The highest BCUT2D eigenvalue weighted by Gasteiger charge is 2.65. The molecule has 5 fully saturated rings. The number of rotatable bonds is 22. The Hall–Kier alpha value is -5.60. The summed E-state index contributed by atoms with van der Waals surface area (Å²) in [6.45, 7) is 19.5. The molecule has 25 heteroatoms. The van der Waals surface area contributed by atoms with Crippen LogP contribution in [0.1, 0.15) is 141 Å². The number of esters is 9. The first kappa shape index (κ1) is 65.2. The lowest BCUT2D eigenvalue weighted by Crippen LogP contribution is -2.68. The summed E-state index contributed by atoms with van der Waals surface area (Å²) >= 11 is 0. The Labute approximate surface area is 465 Å². The van der Waals surface area contributed by atoms with Gasteiger partial charge in [0.25, 0.3) is 0 Å². The Kier molecular flexibility index (Phi) is 22.4. The number of hydrogen-bond acceptors (Lipinski definition) is 25. The third kappa shape index (κ3) is 15.7. The molecule has 0 aromatic carbocycles. The molecule has 450 valence electrons. The highest BCUT2D eigenvalue weighted by molar-refractivity contribution is 5.70. The van der Waals surface area contributed by atoms with E-state index in [2.05, 4.69) is 13.5 Å². The second-order valence-electron chi connectivity index (χ2n) is 22.2. The molecule has 0 aromatic heterocycles. The second-order valence-corrected chi connectivity index (χ2v) is 22.2. The van der Waals surface area contributed by atoms with E-state index in [1.807, 2.05) is 13.8 Å². The molecule has 5 aliphatic rings. The van der Waals surface area contributed by atoms with E-state index in [0.717, 1.165) is 93.4 Å². The van der Waals surface area contributed by atoms with Gasteiger partial charge in [0.15, 0.2) is 43.1 Å². The zero-order chi connectivity index (χ0) is 59.8. The van der Waals surface area contributed by atoms with Gasteiger partial charge in [-0.25, -0.2) is 0 Å².